The van der Waals surface area contributed by atoms with Crippen LogP contribution in [0.3, 0.4) is 0 Å². The van der Waals surface area contributed by atoms with Gasteiger partial charge in [0.25, 0.3) is 0 Å². The summed E-state index contributed by atoms with van der Waals surface area (Å²) in [5, 5.41) is 3.98. The van der Waals surface area contributed by atoms with Gasteiger partial charge in [-0.15, -0.1) is 12.4 Å². The molecular weight excluding hydrogens is 312 g/mol. The van der Waals surface area contributed by atoms with Crippen LogP contribution in [-0.2, 0) is 11.3 Å². The fraction of sp³-hybridized carbons (Fsp3) is 0.412. The number of carbonyl (C=O) groups excluding carboxylic acids is 1. The third-order valence-corrected chi connectivity index (χ3v) is 3.72. The van der Waals surface area contributed by atoms with E-state index in [1.54, 1.807) is 0 Å². The van der Waals surface area contributed by atoms with E-state index in [2.05, 4.69) is 10.3 Å². The molecule has 2 rings (SSSR count). The van der Waals surface area contributed by atoms with E-state index in [1.165, 1.54) is 0 Å². The average molecular weight is 337 g/mol. The van der Waals surface area contributed by atoms with Gasteiger partial charge in [0.15, 0.2) is 0 Å². The number of hydrogen-bond acceptors (Lipinski definition) is 4. The Hall–Kier alpha value is -1.85. The number of hydrogen-bond donors (Lipinski definition) is 2. The molecule has 1 aromatic carbocycles. The zero-order chi connectivity index (χ0) is 16.3. The van der Waals surface area contributed by atoms with Crippen molar-refractivity contribution in [3.63, 3.8) is 0 Å². The Morgan fingerprint density at radius 3 is 2.57 bits per heavy atom. The maximum absolute atomic E-state index is 12.1. The molecule has 3 N–H and O–H groups in total. The molecule has 0 fully saturated rings. The molecule has 0 radical (unpaired) electrons. The van der Waals surface area contributed by atoms with Crippen molar-refractivity contribution in [2.24, 2.45) is 11.7 Å². The smallest absolute Gasteiger partial charge is 0.237 e. The van der Waals surface area contributed by atoms with E-state index in [0.717, 1.165) is 22.3 Å². The maximum atomic E-state index is 12.1. The van der Waals surface area contributed by atoms with Gasteiger partial charge in [0.1, 0.15) is 5.82 Å². The second kappa shape index (κ2) is 8.13. The minimum atomic E-state index is -0.485. The van der Waals surface area contributed by atoms with Crippen molar-refractivity contribution >= 4 is 35.0 Å². The van der Waals surface area contributed by atoms with E-state index in [0.29, 0.717) is 6.54 Å². The molecule has 0 bridgehead atoms. The summed E-state index contributed by atoms with van der Waals surface area (Å²) in [7, 11) is 3.91. The van der Waals surface area contributed by atoms with Crippen LogP contribution in [0.5, 0.6) is 0 Å². The van der Waals surface area contributed by atoms with Crippen LogP contribution in [0.2, 0.25) is 0 Å². The zero-order valence-corrected chi connectivity index (χ0v) is 14.9. The summed E-state index contributed by atoms with van der Waals surface area (Å²) in [4.78, 5) is 18.6. The Labute approximate surface area is 143 Å². The van der Waals surface area contributed by atoms with E-state index >= 15 is 0 Å². The number of nitrogens with two attached hydrogens (primary N) is 1. The lowest BCUT2D eigenvalue weighted by Gasteiger charge is -2.18. The molecule has 0 saturated carbocycles. The highest BCUT2D eigenvalue weighted by atomic mass is 35.5. The topological polar surface area (TPSA) is 71.2 Å². The third kappa shape index (κ3) is 4.56. The van der Waals surface area contributed by atoms with Crippen molar-refractivity contribution in [3.8, 4) is 0 Å². The molecule has 0 aliphatic carbocycles. The second-order valence-corrected chi connectivity index (χ2v) is 6.04. The number of pyridine rings is 1. The van der Waals surface area contributed by atoms with Crippen molar-refractivity contribution < 1.29 is 4.79 Å². The molecule has 1 atom stereocenters. The van der Waals surface area contributed by atoms with Crippen LogP contribution in [-0.4, -0.2) is 31.0 Å². The zero-order valence-electron chi connectivity index (χ0n) is 14.0. The van der Waals surface area contributed by atoms with E-state index in [9.17, 15) is 4.79 Å². The van der Waals surface area contributed by atoms with Crippen LogP contribution in [0, 0.1) is 5.92 Å². The number of rotatable bonds is 5. The first-order valence-electron chi connectivity index (χ1n) is 7.49. The molecule has 0 aliphatic heterocycles. The number of amides is 1. The molecule has 0 unspecified atom stereocenters. The van der Waals surface area contributed by atoms with Crippen molar-refractivity contribution in [3.05, 3.63) is 35.9 Å². The predicted octanol–water partition coefficient (Wildman–Crippen LogP) is 2.32. The Kier molecular flexibility index (Phi) is 6.79. The molecule has 126 valence electrons. The fourth-order valence-electron chi connectivity index (χ4n) is 2.21. The molecule has 23 heavy (non-hydrogen) atoms. The number of halogens is 1. The largest absolute Gasteiger partial charge is 0.363 e. The quantitative estimate of drug-likeness (QED) is 0.879. The Morgan fingerprint density at radius 1 is 1.30 bits per heavy atom. The van der Waals surface area contributed by atoms with Crippen molar-refractivity contribution in [1.29, 1.82) is 0 Å². The molecule has 2 aromatic rings. The number of aromatic nitrogens is 1. The van der Waals surface area contributed by atoms with Gasteiger partial charge in [0.05, 0.1) is 11.6 Å². The van der Waals surface area contributed by atoms with Gasteiger partial charge >= 0.3 is 0 Å². The molecule has 0 aliphatic rings. The normalized spacial score (nSPS) is 11.9. The van der Waals surface area contributed by atoms with Crippen molar-refractivity contribution in [2.45, 2.75) is 26.4 Å². The number of benzene rings is 1. The fourth-order valence-corrected chi connectivity index (χ4v) is 2.21. The molecule has 0 spiro atoms. The van der Waals surface area contributed by atoms with Crippen LogP contribution in [0.15, 0.2) is 30.3 Å². The molecule has 1 aromatic heterocycles. The molecule has 6 heteroatoms. The summed E-state index contributed by atoms with van der Waals surface area (Å²) in [5.41, 5.74) is 7.85. The highest BCUT2D eigenvalue weighted by Gasteiger charge is 2.17. The monoisotopic (exact) mass is 336 g/mol. The average Bonchev–Trinajstić information content (AvgIpc) is 2.50. The van der Waals surface area contributed by atoms with Gasteiger partial charge in [0.2, 0.25) is 5.91 Å². The molecule has 1 amide bonds. The maximum Gasteiger partial charge on any atom is 0.237 e. The Balaban J connectivity index is 0.00000264. The standard InChI is InChI=1S/C17H24N4O.ClH/c1-11(2)16(18)17(22)19-10-12-9-15(21(3)4)20-14-8-6-5-7-13(12)14;/h5-9,11,16H,10,18H2,1-4H3,(H,19,22);1H/t16-;/m0./s1. The highest BCUT2D eigenvalue weighted by molar-refractivity contribution is 5.86. The summed E-state index contributed by atoms with van der Waals surface area (Å²) in [5.74, 6) is 0.866. The number of carbonyl (C=O) groups is 1. The first-order valence-corrected chi connectivity index (χ1v) is 7.49. The number of fused-ring (bicyclic) bond motifs is 1. The van der Waals surface area contributed by atoms with Gasteiger partial charge in [-0.3, -0.25) is 4.79 Å². The lowest BCUT2D eigenvalue weighted by atomic mass is 10.0. The van der Waals surface area contributed by atoms with E-state index in [1.807, 2.05) is 63.2 Å². The van der Waals surface area contributed by atoms with Gasteiger partial charge in [-0.2, -0.15) is 0 Å². The minimum absolute atomic E-state index is 0. The van der Waals surface area contributed by atoms with Gasteiger partial charge in [-0.25, -0.2) is 4.98 Å². The number of para-hydroxylation sites is 1. The summed E-state index contributed by atoms with van der Waals surface area (Å²) in [6.45, 7) is 4.33. The number of anilines is 1. The molecule has 0 saturated heterocycles. The molecular formula is C17H25ClN4O. The predicted molar refractivity (Wildman–Crippen MR) is 98.0 cm³/mol. The summed E-state index contributed by atoms with van der Waals surface area (Å²) < 4.78 is 0. The van der Waals surface area contributed by atoms with Gasteiger partial charge in [-0.1, -0.05) is 32.0 Å². The first-order chi connectivity index (χ1) is 10.4. The minimum Gasteiger partial charge on any atom is -0.363 e. The van der Waals surface area contributed by atoms with Gasteiger partial charge < -0.3 is 16.0 Å². The van der Waals surface area contributed by atoms with E-state index in [4.69, 9.17) is 5.73 Å². The van der Waals surface area contributed by atoms with E-state index < -0.39 is 6.04 Å². The lowest BCUT2D eigenvalue weighted by Crippen LogP contribution is -2.43. The summed E-state index contributed by atoms with van der Waals surface area (Å²) >= 11 is 0. The lowest BCUT2D eigenvalue weighted by molar-refractivity contribution is -0.123. The van der Waals surface area contributed by atoms with Crippen LogP contribution in [0.25, 0.3) is 10.9 Å². The van der Waals surface area contributed by atoms with Gasteiger partial charge in [-0.05, 0) is 23.6 Å². The third-order valence-electron chi connectivity index (χ3n) is 3.72. The van der Waals surface area contributed by atoms with E-state index in [-0.39, 0.29) is 24.2 Å². The van der Waals surface area contributed by atoms with Crippen LogP contribution >= 0.6 is 12.4 Å². The Morgan fingerprint density at radius 2 is 1.96 bits per heavy atom. The van der Waals surface area contributed by atoms with Crippen LogP contribution < -0.4 is 16.0 Å². The SMILES string of the molecule is CC(C)[C@H](N)C(=O)NCc1cc(N(C)C)nc2ccccc12.Cl. The first kappa shape index (κ1) is 19.2. The van der Waals surface area contributed by atoms with Gasteiger partial charge in [0, 0.05) is 26.0 Å². The van der Waals surface area contributed by atoms with Crippen molar-refractivity contribution in [2.75, 3.05) is 19.0 Å². The Bertz CT molecular complexity index is 673. The molecule has 5 nitrogen and oxygen atoms in total. The second-order valence-electron chi connectivity index (χ2n) is 6.04. The van der Waals surface area contributed by atoms with Crippen LogP contribution in [0.4, 0.5) is 5.82 Å². The highest BCUT2D eigenvalue weighted by Crippen LogP contribution is 2.22. The summed E-state index contributed by atoms with van der Waals surface area (Å²) in [6, 6.07) is 9.46. The number of nitrogens with zero attached hydrogens (tertiary/aromatic N) is 2. The molecule has 1 heterocycles. The van der Waals surface area contributed by atoms with Crippen LogP contribution in [0.1, 0.15) is 19.4 Å². The number of nitrogens with one attached hydrogen (secondary N) is 1. The summed E-state index contributed by atoms with van der Waals surface area (Å²) in [6.07, 6.45) is 0. The van der Waals surface area contributed by atoms with Crippen molar-refractivity contribution in [1.82, 2.24) is 10.3 Å².